The normalized spacial score (nSPS) is 12.3. The fourth-order valence-corrected chi connectivity index (χ4v) is 1.54. The fourth-order valence-electron chi connectivity index (χ4n) is 1.41. The van der Waals surface area contributed by atoms with Crippen LogP contribution in [-0.4, -0.2) is 37.7 Å². The Morgan fingerprint density at radius 3 is 2.53 bits per heavy atom. The molecular formula is C12H17ClN2O2. The molecule has 0 saturated carbocycles. The number of benzene rings is 1. The molecule has 0 aliphatic rings. The molecular weight excluding hydrogens is 240 g/mol. The van der Waals surface area contributed by atoms with Gasteiger partial charge in [0, 0.05) is 17.3 Å². The molecule has 0 unspecified atom stereocenters. The molecule has 0 heterocycles. The lowest BCUT2D eigenvalue weighted by atomic mass is 10.3. The Morgan fingerprint density at radius 2 is 2.00 bits per heavy atom. The summed E-state index contributed by atoms with van der Waals surface area (Å²) in [5.41, 5.74) is 0.663. The van der Waals surface area contributed by atoms with Crippen LogP contribution in [0.25, 0.3) is 0 Å². The molecule has 94 valence electrons. The molecule has 0 saturated heterocycles. The highest BCUT2D eigenvalue weighted by Crippen LogP contribution is 2.13. The van der Waals surface area contributed by atoms with Crippen molar-refractivity contribution < 1.29 is 9.53 Å². The third-order valence-electron chi connectivity index (χ3n) is 2.02. The van der Waals surface area contributed by atoms with E-state index in [0.29, 0.717) is 17.3 Å². The number of hydrogen-bond donors (Lipinski definition) is 1. The van der Waals surface area contributed by atoms with Gasteiger partial charge in [0.25, 0.3) is 0 Å². The van der Waals surface area contributed by atoms with E-state index in [1.807, 2.05) is 25.9 Å². The Labute approximate surface area is 107 Å². The molecule has 1 amide bonds. The van der Waals surface area contributed by atoms with Gasteiger partial charge in [0.2, 0.25) is 0 Å². The number of rotatable bonds is 4. The summed E-state index contributed by atoms with van der Waals surface area (Å²) in [5.74, 6) is 0. The minimum absolute atomic E-state index is 0.155. The Balaban J connectivity index is 2.41. The fraction of sp³-hybridized carbons (Fsp3) is 0.417. The van der Waals surface area contributed by atoms with E-state index in [9.17, 15) is 4.79 Å². The summed E-state index contributed by atoms with van der Waals surface area (Å²) in [6, 6.07) is 6.86. The Hall–Kier alpha value is -1.26. The standard InChI is InChI=1S/C12H17ClN2O2/c1-9(8-15(2)3)17-12(16)14-11-6-4-10(13)5-7-11/h4-7,9H,8H2,1-3H3,(H,14,16)/t9-/m0/s1. The van der Waals surface area contributed by atoms with Gasteiger partial charge in [-0.1, -0.05) is 11.6 Å². The Bertz CT molecular complexity index is 365. The highest BCUT2D eigenvalue weighted by molar-refractivity contribution is 6.30. The van der Waals surface area contributed by atoms with Crippen LogP contribution in [0.5, 0.6) is 0 Å². The number of anilines is 1. The SMILES string of the molecule is C[C@@H](CN(C)C)OC(=O)Nc1ccc(Cl)cc1. The van der Waals surface area contributed by atoms with Crippen molar-refractivity contribution in [1.29, 1.82) is 0 Å². The highest BCUT2D eigenvalue weighted by atomic mass is 35.5. The number of ether oxygens (including phenoxy) is 1. The van der Waals surface area contributed by atoms with E-state index >= 15 is 0 Å². The number of amides is 1. The molecule has 0 bridgehead atoms. The summed E-state index contributed by atoms with van der Waals surface area (Å²) in [7, 11) is 3.86. The number of halogens is 1. The smallest absolute Gasteiger partial charge is 0.411 e. The number of nitrogens with one attached hydrogen (secondary N) is 1. The summed E-state index contributed by atoms with van der Waals surface area (Å²) in [6.07, 6.45) is -0.612. The molecule has 0 aromatic heterocycles. The maximum absolute atomic E-state index is 11.5. The first-order valence-corrected chi connectivity index (χ1v) is 5.73. The van der Waals surface area contributed by atoms with Gasteiger partial charge in [0.1, 0.15) is 6.10 Å². The summed E-state index contributed by atoms with van der Waals surface area (Å²) in [5, 5.41) is 3.26. The molecule has 0 radical (unpaired) electrons. The first-order valence-electron chi connectivity index (χ1n) is 5.35. The van der Waals surface area contributed by atoms with Gasteiger partial charge in [-0.3, -0.25) is 5.32 Å². The van der Waals surface area contributed by atoms with Gasteiger partial charge in [0.15, 0.2) is 0 Å². The molecule has 1 aromatic rings. The zero-order valence-corrected chi connectivity index (χ0v) is 11.0. The average Bonchev–Trinajstić information content (AvgIpc) is 2.19. The molecule has 17 heavy (non-hydrogen) atoms. The maximum atomic E-state index is 11.5. The van der Waals surface area contributed by atoms with Crippen molar-refractivity contribution in [2.75, 3.05) is 26.0 Å². The molecule has 0 aliphatic heterocycles. The van der Waals surface area contributed by atoms with Gasteiger partial charge in [-0.25, -0.2) is 4.79 Å². The van der Waals surface area contributed by atoms with E-state index in [-0.39, 0.29) is 6.10 Å². The first-order chi connectivity index (χ1) is 7.97. The van der Waals surface area contributed by atoms with Crippen molar-refractivity contribution >= 4 is 23.4 Å². The first kappa shape index (κ1) is 13.8. The van der Waals surface area contributed by atoms with Crippen LogP contribution in [-0.2, 0) is 4.74 Å². The predicted octanol–water partition coefficient (Wildman–Crippen LogP) is 2.84. The van der Waals surface area contributed by atoms with Crippen molar-refractivity contribution in [3.05, 3.63) is 29.3 Å². The van der Waals surface area contributed by atoms with Gasteiger partial charge in [0.05, 0.1) is 0 Å². The number of likely N-dealkylation sites (N-methyl/N-ethyl adjacent to an activating group) is 1. The third-order valence-corrected chi connectivity index (χ3v) is 2.27. The quantitative estimate of drug-likeness (QED) is 0.901. The van der Waals surface area contributed by atoms with Crippen LogP contribution in [0.4, 0.5) is 10.5 Å². The van der Waals surface area contributed by atoms with Crippen molar-refractivity contribution in [3.8, 4) is 0 Å². The van der Waals surface area contributed by atoms with Crippen LogP contribution in [0.15, 0.2) is 24.3 Å². The molecule has 0 aliphatic carbocycles. The van der Waals surface area contributed by atoms with Gasteiger partial charge in [-0.15, -0.1) is 0 Å². The second kappa shape index (κ2) is 6.47. The topological polar surface area (TPSA) is 41.6 Å². The van der Waals surface area contributed by atoms with E-state index in [1.54, 1.807) is 24.3 Å². The average molecular weight is 257 g/mol. The summed E-state index contributed by atoms with van der Waals surface area (Å²) in [6.45, 7) is 2.54. The minimum atomic E-state index is -0.457. The van der Waals surface area contributed by atoms with Gasteiger partial charge in [-0.2, -0.15) is 0 Å². The summed E-state index contributed by atoms with van der Waals surface area (Å²) >= 11 is 5.74. The molecule has 1 atom stereocenters. The van der Waals surface area contributed by atoms with E-state index in [0.717, 1.165) is 0 Å². The highest BCUT2D eigenvalue weighted by Gasteiger charge is 2.10. The van der Waals surface area contributed by atoms with Gasteiger partial charge >= 0.3 is 6.09 Å². The van der Waals surface area contributed by atoms with Crippen molar-refractivity contribution in [3.63, 3.8) is 0 Å². The van der Waals surface area contributed by atoms with Crippen molar-refractivity contribution in [1.82, 2.24) is 4.90 Å². The van der Waals surface area contributed by atoms with Crippen LogP contribution in [0, 0.1) is 0 Å². The molecule has 1 N–H and O–H groups in total. The van der Waals surface area contributed by atoms with Crippen LogP contribution < -0.4 is 5.32 Å². The Morgan fingerprint density at radius 1 is 1.41 bits per heavy atom. The second-order valence-corrected chi connectivity index (χ2v) is 4.55. The molecule has 1 rings (SSSR count). The van der Waals surface area contributed by atoms with Gasteiger partial charge < -0.3 is 9.64 Å². The van der Waals surface area contributed by atoms with E-state index in [4.69, 9.17) is 16.3 Å². The van der Waals surface area contributed by atoms with Crippen LogP contribution in [0.3, 0.4) is 0 Å². The van der Waals surface area contributed by atoms with Crippen LogP contribution in [0.2, 0.25) is 5.02 Å². The lowest BCUT2D eigenvalue weighted by molar-refractivity contribution is 0.103. The van der Waals surface area contributed by atoms with Crippen LogP contribution in [0.1, 0.15) is 6.92 Å². The largest absolute Gasteiger partial charge is 0.445 e. The molecule has 0 spiro atoms. The molecule has 5 heteroatoms. The molecule has 1 aromatic carbocycles. The zero-order valence-electron chi connectivity index (χ0n) is 10.2. The molecule has 0 fully saturated rings. The number of nitrogens with zero attached hydrogens (tertiary/aromatic N) is 1. The zero-order chi connectivity index (χ0) is 12.8. The van der Waals surface area contributed by atoms with Crippen molar-refractivity contribution in [2.24, 2.45) is 0 Å². The maximum Gasteiger partial charge on any atom is 0.411 e. The summed E-state index contributed by atoms with van der Waals surface area (Å²) < 4.78 is 5.17. The monoisotopic (exact) mass is 256 g/mol. The number of carbonyl (C=O) groups is 1. The lowest BCUT2D eigenvalue weighted by Crippen LogP contribution is -2.29. The minimum Gasteiger partial charge on any atom is -0.445 e. The van der Waals surface area contributed by atoms with E-state index in [1.165, 1.54) is 0 Å². The summed E-state index contributed by atoms with van der Waals surface area (Å²) in [4.78, 5) is 13.5. The van der Waals surface area contributed by atoms with E-state index in [2.05, 4.69) is 5.32 Å². The van der Waals surface area contributed by atoms with Crippen LogP contribution >= 0.6 is 11.6 Å². The van der Waals surface area contributed by atoms with Gasteiger partial charge in [-0.05, 0) is 45.3 Å². The third kappa shape index (κ3) is 5.56. The number of carbonyl (C=O) groups excluding carboxylic acids is 1. The Kier molecular flexibility index (Phi) is 5.25. The lowest BCUT2D eigenvalue weighted by Gasteiger charge is -2.17. The van der Waals surface area contributed by atoms with E-state index < -0.39 is 6.09 Å². The second-order valence-electron chi connectivity index (χ2n) is 4.11. The molecule has 4 nitrogen and oxygen atoms in total. The predicted molar refractivity (Wildman–Crippen MR) is 69.6 cm³/mol. The number of hydrogen-bond acceptors (Lipinski definition) is 3. The van der Waals surface area contributed by atoms with Crippen molar-refractivity contribution in [2.45, 2.75) is 13.0 Å².